The average Bonchev–Trinajstić information content (AvgIpc) is 2.18. The van der Waals surface area contributed by atoms with E-state index in [1.54, 1.807) is 20.8 Å². The summed E-state index contributed by atoms with van der Waals surface area (Å²) in [5, 5.41) is 9.26. The minimum absolute atomic E-state index is 0.134. The first-order chi connectivity index (χ1) is 8.70. The molecule has 110 valence electrons. The molecule has 0 atom stereocenters. The molecule has 0 aromatic heterocycles. The van der Waals surface area contributed by atoms with Gasteiger partial charge in [0.05, 0.1) is 6.61 Å². The molecule has 0 spiro atoms. The fourth-order valence-corrected chi connectivity index (χ4v) is 1.84. The largest absolute Gasteiger partial charge is 0.481 e. The van der Waals surface area contributed by atoms with Crippen LogP contribution in [0.25, 0.3) is 0 Å². The number of hydrogen-bond donors (Lipinski definition) is 1. The molecule has 1 saturated heterocycles. The maximum Gasteiger partial charge on any atom is 0.410 e. The number of nitrogens with zero attached hydrogens (tertiary/aromatic N) is 1. The van der Waals surface area contributed by atoms with Gasteiger partial charge in [-0.05, 0) is 27.2 Å². The second kappa shape index (κ2) is 5.77. The number of hydrogen-bond acceptors (Lipinski definition) is 4. The van der Waals surface area contributed by atoms with Crippen LogP contribution in [0.3, 0.4) is 0 Å². The molecule has 1 heterocycles. The van der Waals surface area contributed by atoms with E-state index in [2.05, 4.69) is 0 Å². The Kier molecular flexibility index (Phi) is 4.79. The van der Waals surface area contributed by atoms with Crippen LogP contribution >= 0.6 is 0 Å². The number of carboxylic acid groups (broad SMARTS) is 1. The van der Waals surface area contributed by atoms with E-state index in [9.17, 15) is 14.7 Å². The molecule has 0 unspecified atom stereocenters. The first-order valence-corrected chi connectivity index (χ1v) is 6.49. The molecule has 0 bridgehead atoms. The Bertz CT molecular complexity index is 341. The quantitative estimate of drug-likeness (QED) is 0.772. The summed E-state index contributed by atoms with van der Waals surface area (Å²) in [6.45, 7) is 8.23. The van der Waals surface area contributed by atoms with Gasteiger partial charge < -0.3 is 19.5 Å². The number of likely N-dealkylation sites (tertiary alicyclic amines) is 1. The molecular formula is C13H23NO5. The van der Waals surface area contributed by atoms with Gasteiger partial charge in [-0.1, -0.05) is 6.92 Å². The van der Waals surface area contributed by atoms with Gasteiger partial charge in [0.1, 0.15) is 11.0 Å². The molecule has 1 rings (SSSR count). The van der Waals surface area contributed by atoms with E-state index in [-0.39, 0.29) is 19.7 Å². The fraction of sp³-hybridized carbons (Fsp3) is 0.846. The molecule has 0 aliphatic carbocycles. The van der Waals surface area contributed by atoms with Crippen LogP contribution in [0.2, 0.25) is 0 Å². The molecule has 1 amide bonds. The van der Waals surface area contributed by atoms with Gasteiger partial charge in [-0.2, -0.15) is 0 Å². The van der Waals surface area contributed by atoms with Gasteiger partial charge in [0.15, 0.2) is 0 Å². The summed E-state index contributed by atoms with van der Waals surface area (Å²) >= 11 is 0. The van der Waals surface area contributed by atoms with Crippen molar-refractivity contribution in [2.45, 2.75) is 39.7 Å². The monoisotopic (exact) mass is 273 g/mol. The van der Waals surface area contributed by atoms with Crippen LogP contribution in [-0.2, 0) is 14.3 Å². The molecule has 1 N–H and O–H groups in total. The van der Waals surface area contributed by atoms with Crippen LogP contribution in [0, 0.1) is 5.41 Å². The highest BCUT2D eigenvalue weighted by molar-refractivity contribution is 5.80. The first-order valence-electron chi connectivity index (χ1n) is 6.49. The van der Waals surface area contributed by atoms with E-state index < -0.39 is 23.1 Å². The maximum atomic E-state index is 11.8. The number of carbonyl (C=O) groups excluding carboxylic acids is 1. The smallest absolute Gasteiger partial charge is 0.410 e. The lowest BCUT2D eigenvalue weighted by Gasteiger charge is -2.46. The lowest BCUT2D eigenvalue weighted by atomic mass is 9.81. The molecule has 19 heavy (non-hydrogen) atoms. The Labute approximate surface area is 113 Å². The number of amides is 1. The van der Waals surface area contributed by atoms with Gasteiger partial charge in [0.2, 0.25) is 0 Å². The number of carboxylic acids is 1. The topological polar surface area (TPSA) is 76.1 Å². The summed E-state index contributed by atoms with van der Waals surface area (Å²) < 4.78 is 10.5. The van der Waals surface area contributed by atoms with Crippen molar-refractivity contribution in [3.8, 4) is 0 Å². The standard InChI is InChI=1S/C13H23NO5/c1-5-6-18-9-13(10(15)16)7-14(8-13)11(17)19-12(2,3)4/h5-9H2,1-4H3,(H,15,16). The Morgan fingerprint density at radius 1 is 1.32 bits per heavy atom. The van der Waals surface area contributed by atoms with E-state index >= 15 is 0 Å². The predicted octanol–water partition coefficient (Wildman–Crippen LogP) is 1.73. The Balaban J connectivity index is 2.50. The van der Waals surface area contributed by atoms with Crippen LogP contribution in [0.4, 0.5) is 4.79 Å². The zero-order valence-corrected chi connectivity index (χ0v) is 12.1. The minimum Gasteiger partial charge on any atom is -0.481 e. The third-order valence-corrected chi connectivity index (χ3v) is 2.82. The molecule has 1 aliphatic rings. The highest BCUT2D eigenvalue weighted by atomic mass is 16.6. The van der Waals surface area contributed by atoms with Crippen LogP contribution < -0.4 is 0 Å². The van der Waals surface area contributed by atoms with Crippen molar-refractivity contribution in [1.29, 1.82) is 0 Å². The zero-order chi connectivity index (χ0) is 14.7. The molecule has 1 aliphatic heterocycles. The Morgan fingerprint density at radius 2 is 1.89 bits per heavy atom. The molecule has 6 nitrogen and oxygen atoms in total. The Morgan fingerprint density at radius 3 is 2.32 bits per heavy atom. The van der Waals surface area contributed by atoms with Crippen molar-refractivity contribution in [2.75, 3.05) is 26.3 Å². The fourth-order valence-electron chi connectivity index (χ4n) is 1.84. The van der Waals surface area contributed by atoms with Gasteiger partial charge in [-0.3, -0.25) is 4.79 Å². The van der Waals surface area contributed by atoms with Crippen LogP contribution in [0.15, 0.2) is 0 Å². The molecule has 0 radical (unpaired) electrons. The van der Waals surface area contributed by atoms with Gasteiger partial charge in [-0.25, -0.2) is 4.79 Å². The normalized spacial score (nSPS) is 17.8. The van der Waals surface area contributed by atoms with Crippen LogP contribution in [0.5, 0.6) is 0 Å². The van der Waals surface area contributed by atoms with E-state index in [1.165, 1.54) is 4.90 Å². The summed E-state index contributed by atoms with van der Waals surface area (Å²) in [7, 11) is 0. The second-order valence-electron chi connectivity index (χ2n) is 5.97. The van der Waals surface area contributed by atoms with Crippen molar-refractivity contribution in [1.82, 2.24) is 4.90 Å². The zero-order valence-electron chi connectivity index (χ0n) is 12.1. The molecular weight excluding hydrogens is 250 g/mol. The van der Waals surface area contributed by atoms with Crippen molar-refractivity contribution in [3.63, 3.8) is 0 Å². The Hall–Kier alpha value is -1.30. The third kappa shape index (κ3) is 4.09. The summed E-state index contributed by atoms with van der Waals surface area (Å²) in [4.78, 5) is 24.4. The molecule has 0 saturated carbocycles. The van der Waals surface area contributed by atoms with Gasteiger partial charge in [-0.15, -0.1) is 0 Å². The highest BCUT2D eigenvalue weighted by Gasteiger charge is 2.52. The average molecular weight is 273 g/mol. The van der Waals surface area contributed by atoms with E-state index in [0.717, 1.165) is 6.42 Å². The number of rotatable bonds is 5. The molecule has 6 heteroatoms. The second-order valence-corrected chi connectivity index (χ2v) is 5.97. The summed E-state index contributed by atoms with van der Waals surface area (Å²) in [5.74, 6) is -0.927. The van der Waals surface area contributed by atoms with Gasteiger partial charge in [0, 0.05) is 19.7 Å². The van der Waals surface area contributed by atoms with Crippen molar-refractivity contribution < 1.29 is 24.2 Å². The SMILES string of the molecule is CCCOCC1(C(=O)O)CN(C(=O)OC(C)(C)C)C1. The molecule has 1 fully saturated rings. The molecule has 0 aromatic carbocycles. The van der Waals surface area contributed by atoms with Crippen molar-refractivity contribution >= 4 is 12.1 Å². The number of aliphatic carboxylic acids is 1. The van der Waals surface area contributed by atoms with Crippen LogP contribution in [-0.4, -0.2) is 54.0 Å². The van der Waals surface area contributed by atoms with Gasteiger partial charge >= 0.3 is 12.1 Å². The van der Waals surface area contributed by atoms with Crippen molar-refractivity contribution in [2.24, 2.45) is 5.41 Å². The number of ether oxygens (including phenoxy) is 2. The summed E-state index contributed by atoms with van der Waals surface area (Å²) in [5.41, 5.74) is -1.55. The predicted molar refractivity (Wildman–Crippen MR) is 69.0 cm³/mol. The highest BCUT2D eigenvalue weighted by Crippen LogP contribution is 2.32. The van der Waals surface area contributed by atoms with Crippen molar-refractivity contribution in [3.05, 3.63) is 0 Å². The minimum atomic E-state index is -0.980. The summed E-state index contributed by atoms with van der Waals surface area (Å²) in [6, 6.07) is 0. The lowest BCUT2D eigenvalue weighted by molar-refractivity contribution is -0.166. The van der Waals surface area contributed by atoms with E-state index in [4.69, 9.17) is 9.47 Å². The van der Waals surface area contributed by atoms with Crippen LogP contribution in [0.1, 0.15) is 34.1 Å². The van der Waals surface area contributed by atoms with E-state index in [0.29, 0.717) is 6.61 Å². The third-order valence-electron chi connectivity index (χ3n) is 2.82. The number of carbonyl (C=O) groups is 2. The van der Waals surface area contributed by atoms with Gasteiger partial charge in [0.25, 0.3) is 0 Å². The first kappa shape index (κ1) is 15.8. The maximum absolute atomic E-state index is 11.8. The summed E-state index contributed by atoms with van der Waals surface area (Å²) in [6.07, 6.45) is 0.366. The molecule has 0 aromatic rings. The lowest BCUT2D eigenvalue weighted by Crippen LogP contribution is -2.64. The van der Waals surface area contributed by atoms with E-state index in [1.807, 2.05) is 6.92 Å².